The van der Waals surface area contributed by atoms with E-state index in [0.29, 0.717) is 5.02 Å². The number of halogens is 1. The molecule has 76 valence electrons. The minimum atomic E-state index is -0.434. The molecule has 2 rings (SSSR count). The highest BCUT2D eigenvalue weighted by atomic mass is 35.5. The maximum absolute atomic E-state index is 10.0. The van der Waals surface area contributed by atoms with Gasteiger partial charge in [0.05, 0.1) is 6.10 Å². The Bertz CT molecular complexity index is 310. The van der Waals surface area contributed by atoms with Gasteiger partial charge in [-0.1, -0.05) is 23.7 Å². The Morgan fingerprint density at radius 2 is 2.36 bits per heavy atom. The molecule has 1 aromatic carbocycles. The zero-order chi connectivity index (χ0) is 9.97. The lowest BCUT2D eigenvalue weighted by molar-refractivity contribution is 0.137. The summed E-state index contributed by atoms with van der Waals surface area (Å²) in [5, 5.41) is 14.0. The number of benzene rings is 1. The molecule has 0 aliphatic carbocycles. The molecule has 0 aromatic heterocycles. The van der Waals surface area contributed by atoms with Gasteiger partial charge in [0, 0.05) is 11.1 Å². The first-order valence-electron chi connectivity index (χ1n) is 4.94. The van der Waals surface area contributed by atoms with Crippen molar-refractivity contribution in [3.8, 4) is 0 Å². The Balaban J connectivity index is 2.13. The number of aliphatic hydroxyl groups excluding tert-OH is 1. The van der Waals surface area contributed by atoms with Crippen molar-refractivity contribution in [2.45, 2.75) is 25.0 Å². The van der Waals surface area contributed by atoms with Gasteiger partial charge in [-0.2, -0.15) is 0 Å². The van der Waals surface area contributed by atoms with Crippen molar-refractivity contribution in [2.75, 3.05) is 6.54 Å². The van der Waals surface area contributed by atoms with Crippen LogP contribution in [0.4, 0.5) is 0 Å². The van der Waals surface area contributed by atoms with Crippen molar-refractivity contribution >= 4 is 11.6 Å². The topological polar surface area (TPSA) is 32.3 Å². The van der Waals surface area contributed by atoms with Crippen molar-refractivity contribution in [1.29, 1.82) is 0 Å². The lowest BCUT2D eigenvalue weighted by atomic mass is 10.0. The molecule has 0 saturated carbocycles. The van der Waals surface area contributed by atoms with Crippen LogP contribution in [-0.2, 0) is 0 Å². The zero-order valence-electron chi connectivity index (χ0n) is 7.91. The van der Waals surface area contributed by atoms with E-state index < -0.39 is 6.10 Å². The van der Waals surface area contributed by atoms with Gasteiger partial charge in [0.2, 0.25) is 0 Å². The molecule has 3 heteroatoms. The zero-order valence-corrected chi connectivity index (χ0v) is 8.67. The van der Waals surface area contributed by atoms with Gasteiger partial charge in [-0.15, -0.1) is 0 Å². The Hall–Kier alpha value is -0.570. The van der Waals surface area contributed by atoms with Gasteiger partial charge in [0.1, 0.15) is 0 Å². The van der Waals surface area contributed by atoms with Crippen LogP contribution in [0.15, 0.2) is 24.3 Å². The molecule has 1 fully saturated rings. The number of rotatable bonds is 2. The summed E-state index contributed by atoms with van der Waals surface area (Å²) >= 11 is 5.86. The molecule has 2 nitrogen and oxygen atoms in total. The van der Waals surface area contributed by atoms with Crippen LogP contribution >= 0.6 is 11.6 Å². The summed E-state index contributed by atoms with van der Waals surface area (Å²) in [5.74, 6) is 0. The first-order valence-corrected chi connectivity index (χ1v) is 5.32. The summed E-state index contributed by atoms with van der Waals surface area (Å²) in [6.07, 6.45) is 1.74. The molecule has 1 saturated heterocycles. The Labute approximate surface area is 88.9 Å². The minimum absolute atomic E-state index is 0.188. The van der Waals surface area contributed by atoms with E-state index in [1.807, 2.05) is 24.3 Å². The highest BCUT2D eigenvalue weighted by Crippen LogP contribution is 2.24. The van der Waals surface area contributed by atoms with Crippen LogP contribution in [0.25, 0.3) is 0 Å². The van der Waals surface area contributed by atoms with E-state index in [0.717, 1.165) is 24.9 Å². The van der Waals surface area contributed by atoms with E-state index in [1.165, 1.54) is 0 Å². The van der Waals surface area contributed by atoms with Crippen LogP contribution < -0.4 is 5.32 Å². The Kier molecular flexibility index (Phi) is 3.06. The van der Waals surface area contributed by atoms with E-state index >= 15 is 0 Å². The maximum atomic E-state index is 10.0. The summed E-state index contributed by atoms with van der Waals surface area (Å²) < 4.78 is 0. The third kappa shape index (κ3) is 2.08. The SMILES string of the molecule is OC(c1cccc(Cl)c1)[C@H]1CCCN1. The fraction of sp³-hybridized carbons (Fsp3) is 0.455. The second kappa shape index (κ2) is 4.30. The van der Waals surface area contributed by atoms with Crippen LogP contribution in [0.3, 0.4) is 0 Å². The highest BCUT2D eigenvalue weighted by Gasteiger charge is 2.23. The van der Waals surface area contributed by atoms with Crippen LogP contribution in [-0.4, -0.2) is 17.7 Å². The first kappa shape index (κ1) is 9.97. The van der Waals surface area contributed by atoms with Crippen molar-refractivity contribution < 1.29 is 5.11 Å². The first-order chi connectivity index (χ1) is 6.77. The van der Waals surface area contributed by atoms with Crippen LogP contribution in [0.1, 0.15) is 24.5 Å². The van der Waals surface area contributed by atoms with E-state index in [9.17, 15) is 5.11 Å². The number of hydrogen-bond acceptors (Lipinski definition) is 2. The average molecular weight is 212 g/mol. The molecule has 0 radical (unpaired) electrons. The van der Waals surface area contributed by atoms with Crippen molar-refractivity contribution in [3.05, 3.63) is 34.9 Å². The van der Waals surface area contributed by atoms with E-state index in [4.69, 9.17) is 11.6 Å². The largest absolute Gasteiger partial charge is 0.387 e. The van der Waals surface area contributed by atoms with Gasteiger partial charge in [-0.3, -0.25) is 0 Å². The van der Waals surface area contributed by atoms with Crippen LogP contribution in [0, 0.1) is 0 Å². The van der Waals surface area contributed by atoms with Crippen molar-refractivity contribution in [1.82, 2.24) is 5.32 Å². The summed E-state index contributed by atoms with van der Waals surface area (Å²) in [6, 6.07) is 7.62. The van der Waals surface area contributed by atoms with Gasteiger partial charge in [0.25, 0.3) is 0 Å². The number of aliphatic hydroxyl groups is 1. The summed E-state index contributed by atoms with van der Waals surface area (Å²) in [7, 11) is 0. The quantitative estimate of drug-likeness (QED) is 0.786. The van der Waals surface area contributed by atoms with Gasteiger partial charge in [-0.25, -0.2) is 0 Å². The number of nitrogens with one attached hydrogen (secondary N) is 1. The van der Waals surface area contributed by atoms with E-state index in [1.54, 1.807) is 0 Å². The fourth-order valence-corrected chi connectivity index (χ4v) is 2.10. The van der Waals surface area contributed by atoms with E-state index in [2.05, 4.69) is 5.32 Å². The fourth-order valence-electron chi connectivity index (χ4n) is 1.90. The predicted octanol–water partition coefficient (Wildman–Crippen LogP) is 2.13. The third-order valence-electron chi connectivity index (χ3n) is 2.67. The average Bonchev–Trinajstić information content (AvgIpc) is 2.69. The normalized spacial score (nSPS) is 23.7. The molecule has 0 amide bonds. The lowest BCUT2D eigenvalue weighted by Gasteiger charge is -2.18. The molecule has 2 N–H and O–H groups in total. The molecule has 1 unspecified atom stereocenters. The third-order valence-corrected chi connectivity index (χ3v) is 2.90. The molecular weight excluding hydrogens is 198 g/mol. The Morgan fingerprint density at radius 3 is 3.00 bits per heavy atom. The maximum Gasteiger partial charge on any atom is 0.0943 e. The van der Waals surface area contributed by atoms with Crippen molar-refractivity contribution in [2.24, 2.45) is 0 Å². The second-order valence-corrected chi connectivity index (χ2v) is 4.14. The van der Waals surface area contributed by atoms with Crippen molar-refractivity contribution in [3.63, 3.8) is 0 Å². The standard InChI is InChI=1S/C11H14ClNO/c12-9-4-1-3-8(7-9)11(14)10-5-2-6-13-10/h1,3-4,7,10-11,13-14H,2,5-6H2/t10-,11?/m1/s1. The second-order valence-electron chi connectivity index (χ2n) is 3.70. The molecule has 1 aliphatic rings. The van der Waals surface area contributed by atoms with Crippen LogP contribution in [0.2, 0.25) is 5.02 Å². The Morgan fingerprint density at radius 1 is 1.50 bits per heavy atom. The summed E-state index contributed by atoms with van der Waals surface area (Å²) in [5.41, 5.74) is 0.900. The molecule has 1 aliphatic heterocycles. The minimum Gasteiger partial charge on any atom is -0.387 e. The molecule has 1 aromatic rings. The molecule has 14 heavy (non-hydrogen) atoms. The molecule has 1 heterocycles. The van der Waals surface area contributed by atoms with Gasteiger partial charge in [-0.05, 0) is 37.1 Å². The van der Waals surface area contributed by atoms with Crippen LogP contribution in [0.5, 0.6) is 0 Å². The smallest absolute Gasteiger partial charge is 0.0943 e. The highest BCUT2D eigenvalue weighted by molar-refractivity contribution is 6.30. The molecular formula is C11H14ClNO. The predicted molar refractivity (Wildman–Crippen MR) is 57.4 cm³/mol. The van der Waals surface area contributed by atoms with Gasteiger partial charge < -0.3 is 10.4 Å². The molecule has 0 bridgehead atoms. The summed E-state index contributed by atoms with van der Waals surface area (Å²) in [4.78, 5) is 0. The van der Waals surface area contributed by atoms with Gasteiger partial charge in [0.15, 0.2) is 0 Å². The lowest BCUT2D eigenvalue weighted by Crippen LogP contribution is -2.28. The molecule has 0 spiro atoms. The summed E-state index contributed by atoms with van der Waals surface area (Å²) in [6.45, 7) is 1.00. The van der Waals surface area contributed by atoms with Gasteiger partial charge >= 0.3 is 0 Å². The number of hydrogen-bond donors (Lipinski definition) is 2. The monoisotopic (exact) mass is 211 g/mol. The van der Waals surface area contributed by atoms with E-state index in [-0.39, 0.29) is 6.04 Å². The molecule has 2 atom stereocenters.